The quantitative estimate of drug-likeness (QED) is 0.834. The fraction of sp³-hybridized carbons (Fsp3) is 0.200. The molecule has 1 atom stereocenters. The van der Waals surface area contributed by atoms with Crippen molar-refractivity contribution in [2.24, 2.45) is 0 Å². The van der Waals surface area contributed by atoms with Gasteiger partial charge in [-0.25, -0.2) is 13.2 Å². The predicted octanol–water partition coefficient (Wildman–Crippen LogP) is 3.85. The van der Waals surface area contributed by atoms with E-state index in [1.807, 2.05) is 0 Å². The molecule has 0 saturated heterocycles. The van der Waals surface area contributed by atoms with Crippen molar-refractivity contribution in [3.05, 3.63) is 59.4 Å². The Morgan fingerprint density at radius 3 is 2.40 bits per heavy atom. The molecule has 106 valence electrons. The summed E-state index contributed by atoms with van der Waals surface area (Å²) in [6, 6.07) is 7.76. The van der Waals surface area contributed by atoms with Gasteiger partial charge in [0.1, 0.15) is 11.6 Å². The molecule has 0 aromatic heterocycles. The van der Waals surface area contributed by atoms with Crippen LogP contribution in [0.2, 0.25) is 0 Å². The van der Waals surface area contributed by atoms with Crippen molar-refractivity contribution in [1.82, 2.24) is 0 Å². The summed E-state index contributed by atoms with van der Waals surface area (Å²) in [4.78, 5) is 0. The first-order valence-electron chi connectivity index (χ1n) is 6.14. The first kappa shape index (κ1) is 14.2. The van der Waals surface area contributed by atoms with E-state index in [2.05, 4.69) is 5.32 Å². The highest BCUT2D eigenvalue weighted by Crippen LogP contribution is 2.21. The fourth-order valence-electron chi connectivity index (χ4n) is 1.96. The van der Waals surface area contributed by atoms with E-state index in [-0.39, 0.29) is 17.5 Å². The van der Waals surface area contributed by atoms with Crippen LogP contribution < -0.4 is 5.32 Å². The second kappa shape index (κ2) is 5.86. The third kappa shape index (κ3) is 3.44. The Balaban J connectivity index is 2.08. The smallest absolute Gasteiger partial charge is 0.182 e. The van der Waals surface area contributed by atoms with Gasteiger partial charge in [0.2, 0.25) is 0 Å². The number of aromatic hydroxyl groups is 1. The number of benzene rings is 2. The fourth-order valence-corrected chi connectivity index (χ4v) is 1.96. The predicted molar refractivity (Wildman–Crippen MR) is 71.2 cm³/mol. The van der Waals surface area contributed by atoms with Gasteiger partial charge in [0, 0.05) is 18.2 Å². The van der Waals surface area contributed by atoms with Crippen LogP contribution in [0.3, 0.4) is 0 Å². The van der Waals surface area contributed by atoms with Crippen LogP contribution in [0.1, 0.15) is 12.5 Å². The first-order chi connectivity index (χ1) is 9.45. The number of anilines is 1. The summed E-state index contributed by atoms with van der Waals surface area (Å²) in [5, 5.41) is 11.9. The SMILES string of the molecule is CC(Cc1ccc(O)cc1)Nc1cc(F)cc(F)c1F. The zero-order chi connectivity index (χ0) is 14.7. The van der Waals surface area contributed by atoms with E-state index < -0.39 is 17.5 Å². The Hall–Kier alpha value is -2.17. The van der Waals surface area contributed by atoms with Crippen molar-refractivity contribution in [2.45, 2.75) is 19.4 Å². The summed E-state index contributed by atoms with van der Waals surface area (Å²) < 4.78 is 39.6. The average Bonchev–Trinajstić information content (AvgIpc) is 2.38. The Morgan fingerprint density at radius 2 is 1.75 bits per heavy atom. The largest absolute Gasteiger partial charge is 0.508 e. The highest BCUT2D eigenvalue weighted by molar-refractivity contribution is 5.46. The van der Waals surface area contributed by atoms with E-state index in [4.69, 9.17) is 0 Å². The summed E-state index contributed by atoms with van der Waals surface area (Å²) in [5.74, 6) is -2.98. The minimum atomic E-state index is -1.22. The molecule has 0 fully saturated rings. The zero-order valence-electron chi connectivity index (χ0n) is 10.8. The van der Waals surface area contributed by atoms with Gasteiger partial charge in [-0.05, 0) is 31.0 Å². The molecule has 2 rings (SSSR count). The number of hydrogen-bond acceptors (Lipinski definition) is 2. The molecule has 1 unspecified atom stereocenters. The minimum Gasteiger partial charge on any atom is -0.508 e. The zero-order valence-corrected chi connectivity index (χ0v) is 10.8. The van der Waals surface area contributed by atoms with Crippen LogP contribution in [0, 0.1) is 17.5 Å². The molecule has 5 heteroatoms. The molecular weight excluding hydrogens is 267 g/mol. The van der Waals surface area contributed by atoms with E-state index in [9.17, 15) is 18.3 Å². The van der Waals surface area contributed by atoms with E-state index in [0.29, 0.717) is 12.5 Å². The lowest BCUT2D eigenvalue weighted by Gasteiger charge is -2.16. The van der Waals surface area contributed by atoms with Crippen LogP contribution >= 0.6 is 0 Å². The third-order valence-corrected chi connectivity index (χ3v) is 2.87. The van der Waals surface area contributed by atoms with E-state index in [1.54, 1.807) is 31.2 Å². The van der Waals surface area contributed by atoms with E-state index in [0.717, 1.165) is 11.6 Å². The average molecular weight is 281 g/mol. The molecule has 0 aliphatic carbocycles. The molecule has 2 N–H and O–H groups in total. The normalized spacial score (nSPS) is 12.2. The summed E-state index contributed by atoms with van der Waals surface area (Å²) in [6.45, 7) is 1.77. The summed E-state index contributed by atoms with van der Waals surface area (Å²) in [7, 11) is 0. The second-order valence-electron chi connectivity index (χ2n) is 4.67. The van der Waals surface area contributed by atoms with Gasteiger partial charge in [-0.1, -0.05) is 12.1 Å². The Kier molecular flexibility index (Phi) is 4.17. The highest BCUT2D eigenvalue weighted by Gasteiger charge is 2.13. The van der Waals surface area contributed by atoms with E-state index >= 15 is 0 Å². The van der Waals surface area contributed by atoms with Gasteiger partial charge in [0.25, 0.3) is 0 Å². The van der Waals surface area contributed by atoms with Crippen LogP contribution in [0.25, 0.3) is 0 Å². The van der Waals surface area contributed by atoms with Crippen LogP contribution in [-0.2, 0) is 6.42 Å². The van der Waals surface area contributed by atoms with Gasteiger partial charge in [-0.15, -0.1) is 0 Å². The van der Waals surface area contributed by atoms with Gasteiger partial charge >= 0.3 is 0 Å². The number of nitrogens with one attached hydrogen (secondary N) is 1. The monoisotopic (exact) mass is 281 g/mol. The third-order valence-electron chi connectivity index (χ3n) is 2.87. The van der Waals surface area contributed by atoms with Crippen LogP contribution in [0.15, 0.2) is 36.4 Å². The lowest BCUT2D eigenvalue weighted by molar-refractivity contribution is 0.475. The molecule has 0 saturated carbocycles. The molecule has 0 bridgehead atoms. The Morgan fingerprint density at radius 1 is 1.10 bits per heavy atom. The van der Waals surface area contributed by atoms with Crippen molar-refractivity contribution in [3.8, 4) is 5.75 Å². The molecule has 0 amide bonds. The van der Waals surface area contributed by atoms with Gasteiger partial charge in [0.15, 0.2) is 11.6 Å². The maximum atomic E-state index is 13.5. The Labute approximate surface area is 114 Å². The minimum absolute atomic E-state index is 0.160. The van der Waals surface area contributed by atoms with Crippen molar-refractivity contribution < 1.29 is 18.3 Å². The van der Waals surface area contributed by atoms with E-state index in [1.165, 1.54) is 0 Å². The molecule has 2 aromatic rings. The van der Waals surface area contributed by atoms with Crippen LogP contribution in [-0.4, -0.2) is 11.1 Å². The number of hydrogen-bond donors (Lipinski definition) is 2. The van der Waals surface area contributed by atoms with Crippen molar-refractivity contribution >= 4 is 5.69 Å². The molecule has 0 aliphatic heterocycles. The molecule has 0 heterocycles. The standard InChI is InChI=1S/C15H14F3NO/c1-9(6-10-2-4-12(20)5-3-10)19-14-8-11(16)7-13(17)15(14)18/h2-5,7-9,19-20H,6H2,1H3. The molecule has 2 aromatic carbocycles. The maximum Gasteiger partial charge on any atom is 0.182 e. The first-order valence-corrected chi connectivity index (χ1v) is 6.14. The summed E-state index contributed by atoms with van der Waals surface area (Å²) >= 11 is 0. The lowest BCUT2D eigenvalue weighted by Crippen LogP contribution is -2.19. The summed E-state index contributed by atoms with van der Waals surface area (Å²) in [5.41, 5.74) is 0.717. The van der Waals surface area contributed by atoms with Crippen molar-refractivity contribution in [3.63, 3.8) is 0 Å². The van der Waals surface area contributed by atoms with Crippen molar-refractivity contribution in [2.75, 3.05) is 5.32 Å². The van der Waals surface area contributed by atoms with Gasteiger partial charge in [-0.3, -0.25) is 0 Å². The molecule has 0 aliphatic rings. The van der Waals surface area contributed by atoms with Gasteiger partial charge in [-0.2, -0.15) is 0 Å². The Bertz CT molecular complexity index is 599. The number of rotatable bonds is 4. The second-order valence-corrected chi connectivity index (χ2v) is 4.67. The molecule has 0 radical (unpaired) electrons. The van der Waals surface area contributed by atoms with Crippen LogP contribution in [0.5, 0.6) is 5.75 Å². The molecule has 2 nitrogen and oxygen atoms in total. The number of halogens is 3. The molecule has 20 heavy (non-hydrogen) atoms. The highest BCUT2D eigenvalue weighted by atomic mass is 19.2. The number of phenolic OH excluding ortho intramolecular Hbond substituents is 1. The summed E-state index contributed by atoms with van der Waals surface area (Å²) in [6.07, 6.45) is 0.526. The number of phenols is 1. The molecule has 0 spiro atoms. The molecular formula is C15H14F3NO. The van der Waals surface area contributed by atoms with Gasteiger partial charge < -0.3 is 10.4 Å². The van der Waals surface area contributed by atoms with Crippen molar-refractivity contribution in [1.29, 1.82) is 0 Å². The van der Waals surface area contributed by atoms with Crippen LogP contribution in [0.4, 0.5) is 18.9 Å². The topological polar surface area (TPSA) is 32.3 Å². The van der Waals surface area contributed by atoms with Gasteiger partial charge in [0.05, 0.1) is 5.69 Å². The lowest BCUT2D eigenvalue weighted by atomic mass is 10.1. The maximum absolute atomic E-state index is 13.5.